The van der Waals surface area contributed by atoms with Crippen LogP contribution >= 0.6 is 0 Å². The normalized spacial score (nSPS) is 11.2. The summed E-state index contributed by atoms with van der Waals surface area (Å²) in [6.45, 7) is 4.24. The Balaban J connectivity index is 2.23. The van der Waals surface area contributed by atoms with Crippen LogP contribution in [0.3, 0.4) is 0 Å². The fraction of sp³-hybridized carbons (Fsp3) is 0.167. The van der Waals surface area contributed by atoms with E-state index in [4.69, 9.17) is 0 Å². The molecular weight excluding hydrogens is 265 g/mol. The molecule has 2 aromatic carbocycles. The van der Waals surface area contributed by atoms with Crippen LogP contribution in [0.25, 0.3) is 22.2 Å². The quantitative estimate of drug-likeness (QED) is 0.680. The molecule has 0 unspecified atom stereocenters. The topological polar surface area (TPSA) is 32.9 Å². The van der Waals surface area contributed by atoms with Crippen molar-refractivity contribution in [1.29, 1.82) is 0 Å². The van der Waals surface area contributed by atoms with Gasteiger partial charge in [-0.15, -0.1) is 0 Å². The van der Waals surface area contributed by atoms with Crippen molar-refractivity contribution in [2.75, 3.05) is 0 Å². The molecule has 0 atom stereocenters. The second kappa shape index (κ2) is 5.17. The molecule has 0 aliphatic carbocycles. The number of aromatic amines is 1. The summed E-state index contributed by atoms with van der Waals surface area (Å²) in [6, 6.07) is 12.3. The number of hydrogen-bond donors (Lipinski definition) is 1. The van der Waals surface area contributed by atoms with Gasteiger partial charge in [0.15, 0.2) is 6.29 Å². The summed E-state index contributed by atoms with van der Waals surface area (Å²) in [5.74, 6) is 0.114. The average molecular weight is 281 g/mol. The van der Waals surface area contributed by atoms with Crippen LogP contribution < -0.4 is 0 Å². The maximum Gasteiger partial charge on any atom is 0.152 e. The predicted molar refractivity (Wildman–Crippen MR) is 83.2 cm³/mol. The van der Waals surface area contributed by atoms with Crippen LogP contribution in [0.5, 0.6) is 0 Å². The van der Waals surface area contributed by atoms with Crippen molar-refractivity contribution < 1.29 is 9.18 Å². The molecule has 0 spiro atoms. The minimum atomic E-state index is -0.287. The molecule has 1 aromatic heterocycles. The van der Waals surface area contributed by atoms with Gasteiger partial charge in [-0.1, -0.05) is 19.9 Å². The first kappa shape index (κ1) is 13.6. The highest BCUT2D eigenvalue weighted by molar-refractivity contribution is 6.04. The van der Waals surface area contributed by atoms with Crippen LogP contribution in [0, 0.1) is 5.82 Å². The van der Waals surface area contributed by atoms with Crippen LogP contribution in [0.15, 0.2) is 42.5 Å². The molecule has 0 radical (unpaired) electrons. The zero-order chi connectivity index (χ0) is 15.0. The Bertz CT molecular complexity index is 800. The molecule has 1 heterocycles. The Labute approximate surface area is 122 Å². The number of fused-ring (bicyclic) bond motifs is 1. The van der Waals surface area contributed by atoms with Gasteiger partial charge < -0.3 is 4.98 Å². The highest BCUT2D eigenvalue weighted by Crippen LogP contribution is 2.31. The third-order valence-corrected chi connectivity index (χ3v) is 3.78. The third kappa shape index (κ3) is 2.35. The fourth-order valence-corrected chi connectivity index (χ4v) is 2.56. The summed E-state index contributed by atoms with van der Waals surface area (Å²) in [5, 5.41) is 0.913. The van der Waals surface area contributed by atoms with E-state index in [1.54, 1.807) is 12.1 Å². The molecule has 1 N–H and O–H groups in total. The monoisotopic (exact) mass is 281 g/mol. The highest BCUT2D eigenvalue weighted by Gasteiger charge is 2.13. The van der Waals surface area contributed by atoms with E-state index in [1.807, 2.05) is 12.1 Å². The molecule has 2 nitrogen and oxygen atoms in total. The molecule has 3 rings (SSSR count). The summed E-state index contributed by atoms with van der Waals surface area (Å²) < 4.78 is 13.1. The minimum Gasteiger partial charge on any atom is -0.354 e. The van der Waals surface area contributed by atoms with Crippen molar-refractivity contribution >= 4 is 17.2 Å². The molecule has 21 heavy (non-hydrogen) atoms. The van der Waals surface area contributed by atoms with E-state index in [0.29, 0.717) is 11.5 Å². The second-order valence-electron chi connectivity index (χ2n) is 5.50. The molecule has 0 saturated heterocycles. The Morgan fingerprint density at radius 2 is 1.81 bits per heavy atom. The molecule has 0 aliphatic rings. The highest BCUT2D eigenvalue weighted by atomic mass is 19.1. The lowest BCUT2D eigenvalue weighted by Gasteiger charge is -2.04. The molecule has 0 amide bonds. The van der Waals surface area contributed by atoms with Crippen molar-refractivity contribution in [3.63, 3.8) is 0 Å². The molecule has 0 aliphatic heterocycles. The largest absolute Gasteiger partial charge is 0.354 e. The van der Waals surface area contributed by atoms with Gasteiger partial charge in [-0.2, -0.15) is 0 Å². The van der Waals surface area contributed by atoms with Crippen molar-refractivity contribution in [3.05, 3.63) is 59.4 Å². The maximum atomic E-state index is 13.1. The van der Waals surface area contributed by atoms with Crippen LogP contribution in [0.4, 0.5) is 4.39 Å². The lowest BCUT2D eigenvalue weighted by atomic mass is 9.99. The predicted octanol–water partition coefficient (Wildman–Crippen LogP) is 4.91. The number of aromatic nitrogens is 1. The number of H-pyrrole nitrogens is 1. The van der Waals surface area contributed by atoms with Crippen molar-refractivity contribution in [2.45, 2.75) is 19.8 Å². The fourth-order valence-electron chi connectivity index (χ4n) is 2.56. The van der Waals surface area contributed by atoms with Gasteiger partial charge in [-0.05, 0) is 53.4 Å². The number of nitrogens with one attached hydrogen (secondary N) is 1. The average Bonchev–Trinajstić information content (AvgIpc) is 2.85. The zero-order valence-corrected chi connectivity index (χ0v) is 12.0. The molecule has 0 saturated carbocycles. The van der Waals surface area contributed by atoms with E-state index in [0.717, 1.165) is 28.4 Å². The SMILES string of the molecule is CC(C)c1ccc2[nH]c(-c3ccc(F)cc3)c(C=O)c2c1. The van der Waals surface area contributed by atoms with Gasteiger partial charge in [0.05, 0.1) is 5.69 Å². The number of halogens is 1. The van der Waals surface area contributed by atoms with Crippen LogP contribution in [-0.2, 0) is 0 Å². The van der Waals surface area contributed by atoms with Crippen LogP contribution in [-0.4, -0.2) is 11.3 Å². The molecule has 0 bridgehead atoms. The number of hydrogen-bond acceptors (Lipinski definition) is 1. The van der Waals surface area contributed by atoms with Crippen molar-refractivity contribution in [3.8, 4) is 11.3 Å². The van der Waals surface area contributed by atoms with Gasteiger partial charge in [0.2, 0.25) is 0 Å². The Morgan fingerprint density at radius 1 is 1.10 bits per heavy atom. The summed E-state index contributed by atoms with van der Waals surface area (Å²) >= 11 is 0. The molecule has 3 heteroatoms. The number of benzene rings is 2. The molecular formula is C18H16FNO. The summed E-state index contributed by atoms with van der Waals surface area (Å²) in [7, 11) is 0. The van der Waals surface area contributed by atoms with Crippen LogP contribution in [0.2, 0.25) is 0 Å². The van der Waals surface area contributed by atoms with Gasteiger partial charge >= 0.3 is 0 Å². The standard InChI is InChI=1S/C18H16FNO/c1-11(2)13-5-8-17-15(9-13)16(10-21)18(20-17)12-3-6-14(19)7-4-12/h3-11,20H,1-2H3. The summed E-state index contributed by atoms with van der Waals surface area (Å²) in [5.41, 5.74) is 4.27. The van der Waals surface area contributed by atoms with Gasteiger partial charge in [0.25, 0.3) is 0 Å². The first-order chi connectivity index (χ1) is 10.1. The first-order valence-corrected chi connectivity index (χ1v) is 6.97. The Morgan fingerprint density at radius 3 is 2.43 bits per heavy atom. The number of carbonyl (C=O) groups excluding carboxylic acids is 1. The molecule has 3 aromatic rings. The summed E-state index contributed by atoms with van der Waals surface area (Å²) in [4.78, 5) is 14.8. The Hall–Kier alpha value is -2.42. The van der Waals surface area contributed by atoms with Crippen LogP contribution in [0.1, 0.15) is 35.7 Å². The number of rotatable bonds is 3. The third-order valence-electron chi connectivity index (χ3n) is 3.78. The lowest BCUT2D eigenvalue weighted by molar-refractivity contribution is 0.112. The number of aldehydes is 1. The van der Waals surface area contributed by atoms with Crippen molar-refractivity contribution in [2.24, 2.45) is 0 Å². The van der Waals surface area contributed by atoms with Gasteiger partial charge in [0.1, 0.15) is 5.82 Å². The first-order valence-electron chi connectivity index (χ1n) is 6.97. The van der Waals surface area contributed by atoms with Gasteiger partial charge in [0, 0.05) is 16.5 Å². The van der Waals surface area contributed by atoms with Gasteiger partial charge in [-0.25, -0.2) is 4.39 Å². The minimum absolute atomic E-state index is 0.287. The van der Waals surface area contributed by atoms with Crippen molar-refractivity contribution in [1.82, 2.24) is 4.98 Å². The smallest absolute Gasteiger partial charge is 0.152 e. The van der Waals surface area contributed by atoms with E-state index in [1.165, 1.54) is 17.7 Å². The van der Waals surface area contributed by atoms with E-state index in [2.05, 4.69) is 24.9 Å². The second-order valence-corrected chi connectivity index (χ2v) is 5.50. The molecule has 0 fully saturated rings. The summed E-state index contributed by atoms with van der Waals surface area (Å²) in [6.07, 6.45) is 0.863. The van der Waals surface area contributed by atoms with E-state index in [9.17, 15) is 9.18 Å². The van der Waals surface area contributed by atoms with Gasteiger partial charge in [-0.3, -0.25) is 4.79 Å². The maximum absolute atomic E-state index is 13.1. The van der Waals surface area contributed by atoms with E-state index >= 15 is 0 Å². The van der Waals surface area contributed by atoms with E-state index < -0.39 is 0 Å². The lowest BCUT2D eigenvalue weighted by Crippen LogP contribution is -1.87. The number of carbonyl (C=O) groups is 1. The zero-order valence-electron chi connectivity index (χ0n) is 12.0. The Kier molecular flexibility index (Phi) is 3.34. The molecule has 106 valence electrons. The van der Waals surface area contributed by atoms with E-state index in [-0.39, 0.29) is 5.82 Å².